The lowest BCUT2D eigenvalue weighted by Crippen LogP contribution is -2.73. The van der Waals surface area contributed by atoms with E-state index in [1.165, 1.54) is 0 Å². The number of likely N-dealkylation sites (tertiary alicyclic amines) is 1. The second kappa shape index (κ2) is 8.33. The highest BCUT2D eigenvalue weighted by Crippen LogP contribution is 2.34. The SMILES string of the molecule is CCCN1C(=O)C(CC(C)C)NC(=O)C12CCN(C(=O)c1ccccc1)CC2. The molecule has 2 aliphatic heterocycles. The first-order valence-electron chi connectivity index (χ1n) is 10.4. The van der Waals surface area contributed by atoms with Gasteiger partial charge in [0, 0.05) is 25.2 Å². The first-order chi connectivity index (χ1) is 13.4. The number of nitrogens with one attached hydrogen (secondary N) is 1. The Morgan fingerprint density at radius 3 is 2.39 bits per heavy atom. The standard InChI is InChI=1S/C22H31N3O3/c1-4-12-25-20(27)18(15-16(2)3)23-21(28)22(25)10-13-24(14-11-22)19(26)17-8-6-5-7-9-17/h5-9,16,18H,4,10-15H2,1-3H3,(H,23,28). The number of amides is 3. The molecule has 0 radical (unpaired) electrons. The van der Waals surface area contributed by atoms with Crippen LogP contribution in [0.5, 0.6) is 0 Å². The molecule has 1 spiro atoms. The fourth-order valence-corrected chi connectivity index (χ4v) is 4.39. The topological polar surface area (TPSA) is 69.7 Å². The Labute approximate surface area is 167 Å². The second-order valence-electron chi connectivity index (χ2n) is 8.34. The third-order valence-electron chi connectivity index (χ3n) is 5.86. The monoisotopic (exact) mass is 385 g/mol. The number of benzene rings is 1. The highest BCUT2D eigenvalue weighted by Gasteiger charge is 2.53. The number of hydrogen-bond donors (Lipinski definition) is 1. The molecule has 0 aliphatic carbocycles. The maximum atomic E-state index is 13.1. The first kappa shape index (κ1) is 20.4. The molecule has 3 amide bonds. The van der Waals surface area contributed by atoms with Gasteiger partial charge in [-0.3, -0.25) is 14.4 Å². The van der Waals surface area contributed by atoms with Crippen LogP contribution in [0.4, 0.5) is 0 Å². The van der Waals surface area contributed by atoms with Crippen molar-refractivity contribution in [1.29, 1.82) is 0 Å². The van der Waals surface area contributed by atoms with E-state index in [1.807, 2.05) is 42.2 Å². The van der Waals surface area contributed by atoms with Gasteiger partial charge >= 0.3 is 0 Å². The number of carbonyl (C=O) groups is 3. The average Bonchev–Trinajstić information content (AvgIpc) is 2.70. The third-order valence-corrected chi connectivity index (χ3v) is 5.86. The molecule has 6 heteroatoms. The van der Waals surface area contributed by atoms with Crippen molar-refractivity contribution in [2.45, 2.75) is 58.0 Å². The Morgan fingerprint density at radius 1 is 1.18 bits per heavy atom. The van der Waals surface area contributed by atoms with Gasteiger partial charge in [-0.05, 0) is 43.7 Å². The summed E-state index contributed by atoms with van der Waals surface area (Å²) in [6.07, 6.45) is 2.43. The van der Waals surface area contributed by atoms with Crippen LogP contribution in [0.1, 0.15) is 56.8 Å². The zero-order valence-corrected chi connectivity index (χ0v) is 17.1. The number of piperazine rings is 1. The van der Waals surface area contributed by atoms with Gasteiger partial charge in [-0.25, -0.2) is 0 Å². The molecule has 2 saturated heterocycles. The molecule has 1 aromatic carbocycles. The summed E-state index contributed by atoms with van der Waals surface area (Å²) in [5, 5.41) is 2.99. The van der Waals surface area contributed by atoms with E-state index in [1.54, 1.807) is 4.90 Å². The number of hydrogen-bond acceptors (Lipinski definition) is 3. The maximum Gasteiger partial charge on any atom is 0.253 e. The lowest BCUT2D eigenvalue weighted by Gasteiger charge is -2.51. The number of carbonyl (C=O) groups excluding carboxylic acids is 3. The van der Waals surface area contributed by atoms with E-state index in [2.05, 4.69) is 19.2 Å². The Balaban J connectivity index is 1.77. The summed E-state index contributed by atoms with van der Waals surface area (Å²) in [7, 11) is 0. The summed E-state index contributed by atoms with van der Waals surface area (Å²) in [6, 6.07) is 8.77. The lowest BCUT2D eigenvalue weighted by molar-refractivity contribution is -0.161. The molecule has 2 heterocycles. The number of nitrogens with zero attached hydrogens (tertiary/aromatic N) is 2. The van der Waals surface area contributed by atoms with Gasteiger partial charge in [-0.2, -0.15) is 0 Å². The van der Waals surface area contributed by atoms with E-state index in [0.717, 1.165) is 6.42 Å². The van der Waals surface area contributed by atoms with Gasteiger partial charge < -0.3 is 15.1 Å². The summed E-state index contributed by atoms with van der Waals surface area (Å²) in [6.45, 7) is 7.67. The predicted molar refractivity (Wildman–Crippen MR) is 108 cm³/mol. The molecule has 28 heavy (non-hydrogen) atoms. The molecule has 1 unspecified atom stereocenters. The van der Waals surface area contributed by atoms with E-state index in [0.29, 0.717) is 50.4 Å². The van der Waals surface area contributed by atoms with Crippen LogP contribution in [-0.2, 0) is 9.59 Å². The second-order valence-corrected chi connectivity index (χ2v) is 8.34. The highest BCUT2D eigenvalue weighted by molar-refractivity contribution is 6.00. The largest absolute Gasteiger partial charge is 0.342 e. The van der Waals surface area contributed by atoms with Crippen LogP contribution >= 0.6 is 0 Å². The Morgan fingerprint density at radius 2 is 1.82 bits per heavy atom. The summed E-state index contributed by atoms with van der Waals surface area (Å²) in [4.78, 5) is 42.6. The molecule has 3 rings (SSSR count). The Kier molecular flexibility index (Phi) is 6.06. The van der Waals surface area contributed by atoms with E-state index < -0.39 is 11.6 Å². The fraction of sp³-hybridized carbons (Fsp3) is 0.591. The van der Waals surface area contributed by atoms with Crippen LogP contribution in [-0.4, -0.2) is 58.7 Å². The minimum Gasteiger partial charge on any atom is -0.342 e. The Hall–Kier alpha value is -2.37. The quantitative estimate of drug-likeness (QED) is 0.846. The van der Waals surface area contributed by atoms with E-state index in [-0.39, 0.29) is 17.7 Å². The molecule has 152 valence electrons. The van der Waals surface area contributed by atoms with Gasteiger partial charge in [0.2, 0.25) is 11.8 Å². The molecule has 2 aliphatic rings. The summed E-state index contributed by atoms with van der Waals surface area (Å²) < 4.78 is 0. The van der Waals surface area contributed by atoms with Crippen molar-refractivity contribution in [2.24, 2.45) is 5.92 Å². The van der Waals surface area contributed by atoms with Crippen molar-refractivity contribution in [3.05, 3.63) is 35.9 Å². The van der Waals surface area contributed by atoms with Gasteiger partial charge in [-0.15, -0.1) is 0 Å². The van der Waals surface area contributed by atoms with E-state index in [4.69, 9.17) is 0 Å². The molecule has 1 aromatic rings. The van der Waals surface area contributed by atoms with E-state index in [9.17, 15) is 14.4 Å². The normalized spacial score (nSPS) is 21.9. The number of piperidine rings is 1. The van der Waals surface area contributed by atoms with Crippen molar-refractivity contribution in [3.63, 3.8) is 0 Å². The van der Waals surface area contributed by atoms with Crippen molar-refractivity contribution < 1.29 is 14.4 Å². The summed E-state index contributed by atoms with van der Waals surface area (Å²) in [5.74, 6) is 0.283. The van der Waals surface area contributed by atoms with Gasteiger partial charge in [-0.1, -0.05) is 39.0 Å². The van der Waals surface area contributed by atoms with Crippen molar-refractivity contribution in [3.8, 4) is 0 Å². The molecule has 0 aromatic heterocycles. The minimum absolute atomic E-state index is 0.0160. The minimum atomic E-state index is -0.825. The van der Waals surface area contributed by atoms with Gasteiger partial charge in [0.05, 0.1) is 0 Å². The first-order valence-corrected chi connectivity index (χ1v) is 10.4. The lowest BCUT2D eigenvalue weighted by atomic mass is 9.80. The average molecular weight is 386 g/mol. The molecular weight excluding hydrogens is 354 g/mol. The predicted octanol–water partition coefficient (Wildman–Crippen LogP) is 2.44. The maximum absolute atomic E-state index is 13.1. The molecule has 0 bridgehead atoms. The van der Waals surface area contributed by atoms with Crippen LogP contribution < -0.4 is 5.32 Å². The molecule has 1 atom stereocenters. The van der Waals surface area contributed by atoms with Crippen LogP contribution in [0, 0.1) is 5.92 Å². The van der Waals surface area contributed by atoms with Gasteiger partial charge in [0.25, 0.3) is 5.91 Å². The zero-order valence-electron chi connectivity index (χ0n) is 17.1. The molecule has 1 N–H and O–H groups in total. The molecule has 2 fully saturated rings. The highest BCUT2D eigenvalue weighted by atomic mass is 16.2. The fourth-order valence-electron chi connectivity index (χ4n) is 4.39. The summed E-state index contributed by atoms with van der Waals surface area (Å²) in [5.41, 5.74) is -0.168. The van der Waals surface area contributed by atoms with Crippen molar-refractivity contribution in [2.75, 3.05) is 19.6 Å². The van der Waals surface area contributed by atoms with Crippen LogP contribution in [0.3, 0.4) is 0 Å². The third kappa shape index (κ3) is 3.77. The molecule has 6 nitrogen and oxygen atoms in total. The van der Waals surface area contributed by atoms with E-state index >= 15 is 0 Å². The molecular formula is C22H31N3O3. The molecule has 0 saturated carbocycles. The van der Waals surface area contributed by atoms with Crippen molar-refractivity contribution in [1.82, 2.24) is 15.1 Å². The smallest absolute Gasteiger partial charge is 0.253 e. The zero-order chi connectivity index (χ0) is 20.3. The van der Waals surface area contributed by atoms with Crippen molar-refractivity contribution >= 4 is 17.7 Å². The van der Waals surface area contributed by atoms with Crippen LogP contribution in [0.2, 0.25) is 0 Å². The van der Waals surface area contributed by atoms with Crippen LogP contribution in [0.25, 0.3) is 0 Å². The van der Waals surface area contributed by atoms with Gasteiger partial charge in [0.15, 0.2) is 0 Å². The van der Waals surface area contributed by atoms with Crippen LogP contribution in [0.15, 0.2) is 30.3 Å². The number of rotatable bonds is 5. The summed E-state index contributed by atoms with van der Waals surface area (Å²) >= 11 is 0. The van der Waals surface area contributed by atoms with Gasteiger partial charge in [0.1, 0.15) is 11.6 Å². The Bertz CT molecular complexity index is 724.